The zero-order valence-corrected chi connectivity index (χ0v) is 22.0. The summed E-state index contributed by atoms with van der Waals surface area (Å²) >= 11 is 0. The maximum atomic E-state index is 6.79. The van der Waals surface area contributed by atoms with Crippen LogP contribution in [0.1, 0.15) is 17.7 Å². The Morgan fingerprint density at radius 2 is 1.50 bits per heavy atom. The van der Waals surface area contributed by atoms with Gasteiger partial charge < -0.3 is 8.98 Å². The summed E-state index contributed by atoms with van der Waals surface area (Å²) in [4.78, 5) is 0. The minimum absolute atomic E-state index is 0.986. The molecular weight excluding hydrogens is 454 g/mol. The quantitative estimate of drug-likeness (QED) is 0.230. The van der Waals surface area contributed by atoms with E-state index in [9.17, 15) is 0 Å². The van der Waals surface area contributed by atoms with Crippen molar-refractivity contribution in [3.05, 3.63) is 102 Å². The summed E-state index contributed by atoms with van der Waals surface area (Å²) in [5.41, 5.74) is 9.64. The molecule has 0 spiro atoms. The highest BCUT2D eigenvalue weighted by atomic mass is 28.3. The number of benzene rings is 4. The molecule has 0 amide bonds. The third kappa shape index (κ3) is 3.16. The minimum Gasteiger partial charge on any atom is -0.454 e. The minimum atomic E-state index is -1.56. The molecule has 0 unspecified atom stereocenters. The van der Waals surface area contributed by atoms with Gasteiger partial charge in [-0.2, -0.15) is 0 Å². The number of hydrogen-bond donors (Lipinski definition) is 0. The number of allylic oxidation sites excluding steroid dienone is 1. The maximum Gasteiger partial charge on any atom is 0.159 e. The van der Waals surface area contributed by atoms with Gasteiger partial charge >= 0.3 is 0 Å². The highest BCUT2D eigenvalue weighted by molar-refractivity contribution is 6.90. The lowest BCUT2D eigenvalue weighted by molar-refractivity contribution is 0.667. The summed E-state index contributed by atoms with van der Waals surface area (Å²) in [6.45, 7) is 7.17. The van der Waals surface area contributed by atoms with Crippen LogP contribution >= 0.6 is 0 Å². The molecule has 2 heterocycles. The lowest BCUT2D eigenvalue weighted by Crippen LogP contribution is -2.37. The van der Waals surface area contributed by atoms with Crippen LogP contribution in [0, 0.1) is 0 Å². The molecule has 0 N–H and O–H groups in total. The number of nitrogens with zero attached hydrogens (tertiary/aromatic N) is 1. The van der Waals surface area contributed by atoms with Gasteiger partial charge in [-0.3, -0.25) is 0 Å². The van der Waals surface area contributed by atoms with Gasteiger partial charge in [-0.1, -0.05) is 98.5 Å². The molecule has 0 bridgehead atoms. The topological polar surface area (TPSA) is 18.1 Å². The Morgan fingerprint density at radius 3 is 2.31 bits per heavy atom. The Bertz CT molecular complexity index is 1810. The van der Waals surface area contributed by atoms with Crippen molar-refractivity contribution in [3.63, 3.8) is 0 Å². The van der Waals surface area contributed by atoms with Crippen LogP contribution in [0.3, 0.4) is 0 Å². The zero-order chi connectivity index (χ0) is 24.4. The number of aromatic nitrogens is 1. The SMILES string of the molecule is C[Si](C)(C)c1cccc2c1oc1c(-n3c4c(c5cc(-c6ccccc6)ccc53)C=CCC4)cccc12. The molecule has 0 saturated heterocycles. The molecule has 4 aromatic carbocycles. The fourth-order valence-electron chi connectivity index (χ4n) is 5.88. The summed E-state index contributed by atoms with van der Waals surface area (Å²) in [6, 6.07) is 30.9. The molecule has 2 nitrogen and oxygen atoms in total. The molecule has 6 aromatic rings. The maximum absolute atomic E-state index is 6.79. The molecule has 36 heavy (non-hydrogen) atoms. The van der Waals surface area contributed by atoms with Crippen LogP contribution in [0.2, 0.25) is 19.6 Å². The third-order valence-electron chi connectivity index (χ3n) is 7.60. The van der Waals surface area contributed by atoms with Gasteiger partial charge in [-0.15, -0.1) is 0 Å². The molecule has 1 aliphatic carbocycles. The monoisotopic (exact) mass is 483 g/mol. The molecule has 7 rings (SSSR count). The van der Waals surface area contributed by atoms with Crippen molar-refractivity contribution in [3.8, 4) is 16.8 Å². The molecule has 3 heteroatoms. The van der Waals surface area contributed by atoms with Crippen LogP contribution in [-0.2, 0) is 6.42 Å². The van der Waals surface area contributed by atoms with Crippen LogP contribution in [0.15, 0.2) is 95.4 Å². The van der Waals surface area contributed by atoms with Gasteiger partial charge in [0, 0.05) is 27.4 Å². The molecular formula is C33H29NOSi. The standard InChI is InChI=1S/C33H29NOSi/c1-36(2,3)31-18-10-15-26-25-14-9-17-30(32(25)35-33(26)31)34-28-16-8-7-13-24(28)27-21-23(19-20-29(27)34)22-11-5-4-6-12-22/h4-7,9-15,17-21H,8,16H2,1-3H3. The first-order valence-electron chi connectivity index (χ1n) is 12.8. The van der Waals surface area contributed by atoms with Gasteiger partial charge in [-0.05, 0) is 47.4 Å². The van der Waals surface area contributed by atoms with Gasteiger partial charge in [0.1, 0.15) is 5.58 Å². The van der Waals surface area contributed by atoms with Crippen LogP contribution in [0.4, 0.5) is 0 Å². The summed E-state index contributed by atoms with van der Waals surface area (Å²) < 4.78 is 9.25. The second-order valence-electron chi connectivity index (χ2n) is 10.9. The second kappa shape index (κ2) is 7.84. The average Bonchev–Trinajstić information content (AvgIpc) is 3.44. The van der Waals surface area contributed by atoms with E-state index in [4.69, 9.17) is 4.42 Å². The summed E-state index contributed by atoms with van der Waals surface area (Å²) in [7, 11) is -1.56. The van der Waals surface area contributed by atoms with Crippen LogP contribution in [0.25, 0.3) is 55.7 Å². The van der Waals surface area contributed by atoms with E-state index in [0.29, 0.717) is 0 Å². The van der Waals surface area contributed by atoms with Crippen LogP contribution < -0.4 is 5.19 Å². The summed E-state index contributed by atoms with van der Waals surface area (Å²) in [5, 5.41) is 5.11. The Kier molecular flexibility index (Phi) is 4.67. The largest absolute Gasteiger partial charge is 0.454 e. The van der Waals surface area contributed by atoms with Crippen molar-refractivity contribution < 1.29 is 4.42 Å². The molecule has 2 aromatic heterocycles. The van der Waals surface area contributed by atoms with Crippen LogP contribution in [0.5, 0.6) is 0 Å². The smallest absolute Gasteiger partial charge is 0.159 e. The first kappa shape index (κ1) is 21.5. The second-order valence-corrected chi connectivity index (χ2v) is 16.0. The van der Waals surface area contributed by atoms with Gasteiger partial charge in [0.25, 0.3) is 0 Å². The lowest BCUT2D eigenvalue weighted by Gasteiger charge is -2.16. The molecule has 0 saturated carbocycles. The normalized spacial score (nSPS) is 13.6. The van der Waals surface area contributed by atoms with Crippen molar-refractivity contribution in [2.24, 2.45) is 0 Å². The van der Waals surface area contributed by atoms with E-state index in [1.54, 1.807) is 0 Å². The van der Waals surface area contributed by atoms with Gasteiger partial charge in [0.15, 0.2) is 5.58 Å². The van der Waals surface area contributed by atoms with E-state index in [-0.39, 0.29) is 0 Å². The van der Waals surface area contributed by atoms with E-state index >= 15 is 0 Å². The summed E-state index contributed by atoms with van der Waals surface area (Å²) in [6.07, 6.45) is 6.71. The molecule has 0 atom stereocenters. The van der Waals surface area contributed by atoms with Gasteiger partial charge in [0.05, 0.1) is 19.3 Å². The number of para-hydroxylation sites is 2. The molecule has 0 radical (unpaired) electrons. The highest BCUT2D eigenvalue weighted by Crippen LogP contribution is 2.40. The molecule has 0 fully saturated rings. The van der Waals surface area contributed by atoms with Gasteiger partial charge in [0.2, 0.25) is 0 Å². The molecule has 1 aliphatic rings. The first-order chi connectivity index (χ1) is 17.5. The van der Waals surface area contributed by atoms with E-state index < -0.39 is 8.07 Å². The Morgan fingerprint density at radius 1 is 0.722 bits per heavy atom. The lowest BCUT2D eigenvalue weighted by atomic mass is 9.99. The van der Waals surface area contributed by atoms with Gasteiger partial charge in [-0.25, -0.2) is 0 Å². The number of fused-ring (bicyclic) bond motifs is 6. The number of rotatable bonds is 3. The van der Waals surface area contributed by atoms with Crippen molar-refractivity contribution in [1.29, 1.82) is 0 Å². The number of hydrogen-bond acceptors (Lipinski definition) is 1. The fourth-order valence-corrected chi connectivity index (χ4v) is 7.34. The van der Waals surface area contributed by atoms with E-state index in [0.717, 1.165) is 29.7 Å². The Balaban J connectivity index is 1.54. The van der Waals surface area contributed by atoms with E-state index in [1.807, 2.05) is 0 Å². The van der Waals surface area contributed by atoms with Crippen molar-refractivity contribution in [1.82, 2.24) is 4.57 Å². The predicted molar refractivity (Wildman–Crippen MR) is 156 cm³/mol. The molecule has 176 valence electrons. The van der Waals surface area contributed by atoms with E-state index in [2.05, 4.69) is 121 Å². The first-order valence-corrected chi connectivity index (χ1v) is 16.3. The number of furan rings is 1. The highest BCUT2D eigenvalue weighted by Gasteiger charge is 2.25. The summed E-state index contributed by atoms with van der Waals surface area (Å²) in [5.74, 6) is 0. The van der Waals surface area contributed by atoms with Crippen molar-refractivity contribution in [2.45, 2.75) is 32.5 Å². The van der Waals surface area contributed by atoms with Crippen LogP contribution in [-0.4, -0.2) is 12.6 Å². The predicted octanol–water partition coefficient (Wildman–Crippen LogP) is 8.70. The molecule has 0 aliphatic heterocycles. The Labute approximate surface area is 212 Å². The Hall–Kier alpha value is -3.82. The van der Waals surface area contributed by atoms with Crippen molar-refractivity contribution in [2.75, 3.05) is 0 Å². The average molecular weight is 484 g/mol. The van der Waals surface area contributed by atoms with E-state index in [1.165, 1.54) is 49.2 Å². The zero-order valence-electron chi connectivity index (χ0n) is 21.0. The van der Waals surface area contributed by atoms with Crippen molar-refractivity contribution >= 4 is 52.2 Å². The fraction of sp³-hybridized carbons (Fsp3) is 0.152. The third-order valence-corrected chi connectivity index (χ3v) is 9.61.